The van der Waals surface area contributed by atoms with E-state index < -0.39 is 23.7 Å². The number of aryl methyl sites for hydroxylation is 2. The Hall–Kier alpha value is -4.38. The van der Waals surface area contributed by atoms with Gasteiger partial charge in [-0.05, 0) is 73.9 Å². The number of tetrazole rings is 1. The predicted octanol–water partition coefficient (Wildman–Crippen LogP) is 3.76. The molecule has 1 aliphatic rings. The van der Waals surface area contributed by atoms with E-state index in [0.717, 1.165) is 23.2 Å². The SMILES string of the molecule is Cc1ccc(N(C(=O)Cn2nnc(-c3ccc(C)o3)n2)[C@@H](C(=O)NC[C@H]2CCCO2)c2ccc(F)cc2)cc1. The van der Waals surface area contributed by atoms with Crippen LogP contribution in [0.3, 0.4) is 0 Å². The molecule has 2 aromatic carbocycles. The molecule has 0 radical (unpaired) electrons. The Balaban J connectivity index is 1.47. The summed E-state index contributed by atoms with van der Waals surface area (Å²) in [5.74, 6) is 0.0444. The highest BCUT2D eigenvalue weighted by Crippen LogP contribution is 2.29. The molecule has 39 heavy (non-hydrogen) atoms. The maximum absolute atomic E-state index is 13.9. The maximum atomic E-state index is 13.9. The van der Waals surface area contributed by atoms with Gasteiger partial charge < -0.3 is 14.5 Å². The molecule has 202 valence electrons. The van der Waals surface area contributed by atoms with Gasteiger partial charge in [-0.15, -0.1) is 10.2 Å². The fourth-order valence-corrected chi connectivity index (χ4v) is 4.48. The number of carbonyl (C=O) groups excluding carboxylic acids is 2. The van der Waals surface area contributed by atoms with Crippen molar-refractivity contribution in [3.05, 3.63) is 83.4 Å². The maximum Gasteiger partial charge on any atom is 0.251 e. The van der Waals surface area contributed by atoms with Crippen LogP contribution < -0.4 is 10.2 Å². The highest BCUT2D eigenvalue weighted by atomic mass is 19.1. The second-order valence-corrected chi connectivity index (χ2v) is 9.49. The zero-order valence-corrected chi connectivity index (χ0v) is 21.7. The summed E-state index contributed by atoms with van der Waals surface area (Å²) in [5.41, 5.74) is 1.94. The van der Waals surface area contributed by atoms with E-state index in [-0.39, 0.29) is 18.5 Å². The van der Waals surface area contributed by atoms with Crippen LogP contribution in [0.15, 0.2) is 65.1 Å². The Kier molecular flexibility index (Phi) is 7.78. The molecule has 1 saturated heterocycles. The van der Waals surface area contributed by atoms with Crippen molar-refractivity contribution in [1.29, 1.82) is 0 Å². The van der Waals surface area contributed by atoms with Crippen LogP contribution in [0.4, 0.5) is 10.1 Å². The fourth-order valence-electron chi connectivity index (χ4n) is 4.48. The summed E-state index contributed by atoms with van der Waals surface area (Å²) in [6.07, 6.45) is 1.69. The average molecular weight is 533 g/mol. The Morgan fingerprint density at radius 2 is 1.87 bits per heavy atom. The third-order valence-electron chi connectivity index (χ3n) is 6.49. The number of nitrogens with one attached hydrogen (secondary N) is 1. The molecule has 10 nitrogen and oxygen atoms in total. The summed E-state index contributed by atoms with van der Waals surface area (Å²) in [6.45, 7) is 4.40. The van der Waals surface area contributed by atoms with Crippen LogP contribution in [0.2, 0.25) is 0 Å². The molecule has 2 amide bonds. The summed E-state index contributed by atoms with van der Waals surface area (Å²) in [6, 6.07) is 15.2. The number of furan rings is 1. The topological polar surface area (TPSA) is 115 Å². The normalized spacial score (nSPS) is 15.7. The first kappa shape index (κ1) is 26.2. The lowest BCUT2D eigenvalue weighted by Gasteiger charge is -2.31. The molecule has 0 saturated carbocycles. The standard InChI is InChI=1S/C28H29FN6O4/c1-18-5-12-22(13-6-18)35(25(36)17-34-32-27(31-33-34)24-14-7-19(2)39-24)26(20-8-10-21(29)11-9-20)28(37)30-16-23-4-3-15-38-23/h5-14,23,26H,3-4,15-17H2,1-2H3,(H,30,37)/t23-,26-/m1/s1. The molecule has 5 rings (SSSR count). The molecule has 3 heterocycles. The summed E-state index contributed by atoms with van der Waals surface area (Å²) in [5, 5.41) is 15.2. The van der Waals surface area contributed by atoms with E-state index in [0.29, 0.717) is 35.9 Å². The molecule has 1 aliphatic heterocycles. The van der Waals surface area contributed by atoms with Gasteiger partial charge in [-0.2, -0.15) is 4.80 Å². The van der Waals surface area contributed by atoms with Crippen molar-refractivity contribution < 1.29 is 23.1 Å². The average Bonchev–Trinajstić information content (AvgIpc) is 3.70. The number of anilines is 1. The number of halogens is 1. The van der Waals surface area contributed by atoms with Crippen molar-refractivity contribution in [2.75, 3.05) is 18.1 Å². The van der Waals surface area contributed by atoms with E-state index in [2.05, 4.69) is 20.7 Å². The second kappa shape index (κ2) is 11.6. The first-order valence-electron chi connectivity index (χ1n) is 12.8. The zero-order valence-electron chi connectivity index (χ0n) is 21.7. The van der Waals surface area contributed by atoms with Crippen molar-refractivity contribution in [3.8, 4) is 11.6 Å². The van der Waals surface area contributed by atoms with Gasteiger partial charge in [0.15, 0.2) is 5.76 Å². The van der Waals surface area contributed by atoms with Gasteiger partial charge in [-0.1, -0.05) is 29.8 Å². The summed E-state index contributed by atoms with van der Waals surface area (Å²) >= 11 is 0. The van der Waals surface area contributed by atoms with Gasteiger partial charge in [0.25, 0.3) is 5.91 Å². The Bertz CT molecular complexity index is 1430. The van der Waals surface area contributed by atoms with Crippen LogP contribution in [0.25, 0.3) is 11.6 Å². The van der Waals surface area contributed by atoms with E-state index in [1.807, 2.05) is 19.1 Å². The highest BCUT2D eigenvalue weighted by molar-refractivity contribution is 6.01. The molecule has 1 N–H and O–H groups in total. The lowest BCUT2D eigenvalue weighted by Crippen LogP contribution is -2.46. The molecular formula is C28H29FN6O4. The molecule has 1 fully saturated rings. The number of ether oxygens (including phenoxy) is 1. The van der Waals surface area contributed by atoms with Crippen LogP contribution in [-0.4, -0.2) is 51.3 Å². The number of carbonyl (C=O) groups is 2. The number of benzene rings is 2. The van der Waals surface area contributed by atoms with E-state index >= 15 is 0 Å². The number of nitrogens with zero attached hydrogens (tertiary/aromatic N) is 5. The van der Waals surface area contributed by atoms with E-state index in [1.165, 1.54) is 29.2 Å². The van der Waals surface area contributed by atoms with Crippen molar-refractivity contribution in [1.82, 2.24) is 25.5 Å². The quantitative estimate of drug-likeness (QED) is 0.349. The minimum Gasteiger partial charge on any atom is -0.458 e. The highest BCUT2D eigenvalue weighted by Gasteiger charge is 2.34. The Labute approximate surface area is 224 Å². The van der Waals surface area contributed by atoms with E-state index in [1.54, 1.807) is 31.2 Å². The summed E-state index contributed by atoms with van der Waals surface area (Å²) in [4.78, 5) is 30.1. The van der Waals surface area contributed by atoms with Crippen LogP contribution in [0.5, 0.6) is 0 Å². The number of aromatic nitrogens is 4. The molecule has 2 aromatic heterocycles. The van der Waals surface area contributed by atoms with Crippen LogP contribution in [-0.2, 0) is 20.9 Å². The van der Waals surface area contributed by atoms with Gasteiger partial charge in [0.1, 0.15) is 24.2 Å². The van der Waals surface area contributed by atoms with Gasteiger partial charge >= 0.3 is 0 Å². The molecule has 0 aliphatic carbocycles. The Morgan fingerprint density at radius 3 is 2.54 bits per heavy atom. The lowest BCUT2D eigenvalue weighted by molar-refractivity contribution is -0.127. The second-order valence-electron chi connectivity index (χ2n) is 9.49. The molecule has 0 spiro atoms. The van der Waals surface area contributed by atoms with Gasteiger partial charge in [0, 0.05) is 18.8 Å². The third-order valence-corrected chi connectivity index (χ3v) is 6.49. The summed E-state index contributed by atoms with van der Waals surface area (Å²) in [7, 11) is 0. The zero-order chi connectivity index (χ0) is 27.4. The van der Waals surface area contributed by atoms with Gasteiger partial charge in [0.05, 0.1) is 6.10 Å². The van der Waals surface area contributed by atoms with Crippen molar-refractivity contribution in [3.63, 3.8) is 0 Å². The minimum absolute atomic E-state index is 0.0886. The van der Waals surface area contributed by atoms with Gasteiger partial charge in [0.2, 0.25) is 11.7 Å². The number of hydrogen-bond donors (Lipinski definition) is 1. The number of rotatable bonds is 9. The largest absolute Gasteiger partial charge is 0.458 e. The van der Waals surface area contributed by atoms with Crippen molar-refractivity contribution >= 4 is 17.5 Å². The van der Waals surface area contributed by atoms with Crippen molar-refractivity contribution in [2.24, 2.45) is 0 Å². The molecule has 4 aromatic rings. The monoisotopic (exact) mass is 532 g/mol. The first-order valence-corrected chi connectivity index (χ1v) is 12.8. The van der Waals surface area contributed by atoms with Gasteiger partial charge in [-0.25, -0.2) is 4.39 Å². The fraction of sp³-hybridized carbons (Fsp3) is 0.321. The van der Waals surface area contributed by atoms with Crippen LogP contribution in [0.1, 0.15) is 35.8 Å². The first-order chi connectivity index (χ1) is 18.9. The van der Waals surface area contributed by atoms with Crippen LogP contribution >= 0.6 is 0 Å². The van der Waals surface area contributed by atoms with E-state index in [9.17, 15) is 14.0 Å². The molecule has 0 unspecified atom stereocenters. The Morgan fingerprint density at radius 1 is 1.10 bits per heavy atom. The van der Waals surface area contributed by atoms with Crippen LogP contribution in [0, 0.1) is 19.7 Å². The van der Waals surface area contributed by atoms with Gasteiger partial charge in [-0.3, -0.25) is 14.5 Å². The smallest absolute Gasteiger partial charge is 0.251 e. The van der Waals surface area contributed by atoms with E-state index in [4.69, 9.17) is 9.15 Å². The lowest BCUT2D eigenvalue weighted by atomic mass is 10.0. The molecule has 2 atom stereocenters. The predicted molar refractivity (Wildman–Crippen MR) is 140 cm³/mol. The number of amides is 2. The molecular weight excluding hydrogens is 503 g/mol. The summed E-state index contributed by atoms with van der Waals surface area (Å²) < 4.78 is 25.0. The number of hydrogen-bond acceptors (Lipinski definition) is 7. The molecule has 11 heteroatoms. The third kappa shape index (κ3) is 6.20. The van der Waals surface area contributed by atoms with Crippen molar-refractivity contribution in [2.45, 2.75) is 45.4 Å². The minimum atomic E-state index is -1.09. The molecule has 0 bridgehead atoms.